The molecule has 0 amide bonds. The van der Waals surface area contributed by atoms with E-state index in [4.69, 9.17) is 5.11 Å². The summed E-state index contributed by atoms with van der Waals surface area (Å²) >= 11 is 0. The maximum absolute atomic E-state index is 9.12. The molecule has 2 aliphatic rings. The fraction of sp³-hybridized carbons (Fsp3) is 1.00. The molecule has 3 heteroatoms. The molecule has 0 aromatic rings. The Balaban J connectivity index is 1.86. The monoisotopic (exact) mass is 240 g/mol. The molecule has 1 heterocycles. The number of likely N-dealkylation sites (N-methyl/N-ethyl adjacent to an activating group) is 1. The number of likely N-dealkylation sites (tertiary alicyclic amines) is 1. The Hall–Kier alpha value is -0.120. The van der Waals surface area contributed by atoms with E-state index < -0.39 is 0 Å². The molecule has 1 saturated carbocycles. The summed E-state index contributed by atoms with van der Waals surface area (Å²) in [5.41, 5.74) is 0. The molecule has 100 valence electrons. The van der Waals surface area contributed by atoms with Crippen molar-refractivity contribution in [1.82, 2.24) is 10.2 Å². The van der Waals surface area contributed by atoms with Gasteiger partial charge in [-0.25, -0.2) is 0 Å². The first-order valence-electron chi connectivity index (χ1n) is 7.43. The maximum atomic E-state index is 9.12. The molecule has 1 saturated heterocycles. The van der Waals surface area contributed by atoms with Crippen LogP contribution in [0.25, 0.3) is 0 Å². The van der Waals surface area contributed by atoms with Crippen molar-refractivity contribution in [3.8, 4) is 0 Å². The van der Waals surface area contributed by atoms with Crippen LogP contribution in [0.1, 0.15) is 45.4 Å². The summed E-state index contributed by atoms with van der Waals surface area (Å²) in [6.07, 6.45) is 8.00. The lowest BCUT2D eigenvalue weighted by atomic mass is 9.91. The normalized spacial score (nSPS) is 31.4. The quantitative estimate of drug-likeness (QED) is 0.740. The summed E-state index contributed by atoms with van der Waals surface area (Å²) in [6, 6.07) is 1.33. The summed E-state index contributed by atoms with van der Waals surface area (Å²) in [7, 11) is 0. The van der Waals surface area contributed by atoms with Crippen molar-refractivity contribution in [2.45, 2.75) is 57.5 Å². The number of aliphatic hydroxyl groups excluding tert-OH is 1. The van der Waals surface area contributed by atoms with Crippen LogP contribution in [-0.4, -0.2) is 48.3 Å². The zero-order valence-corrected chi connectivity index (χ0v) is 11.2. The third-order valence-electron chi connectivity index (χ3n) is 4.53. The van der Waals surface area contributed by atoms with Crippen LogP contribution in [0.5, 0.6) is 0 Å². The van der Waals surface area contributed by atoms with E-state index in [-0.39, 0.29) is 0 Å². The van der Waals surface area contributed by atoms with Gasteiger partial charge in [0.05, 0.1) is 0 Å². The molecule has 0 aromatic carbocycles. The predicted octanol–water partition coefficient (Wildman–Crippen LogP) is 1.61. The molecule has 0 aromatic heterocycles. The smallest absolute Gasteiger partial charge is 0.0446 e. The molecule has 0 spiro atoms. The average molecular weight is 240 g/mol. The summed E-state index contributed by atoms with van der Waals surface area (Å²) in [4.78, 5) is 2.70. The second-order valence-corrected chi connectivity index (χ2v) is 5.66. The lowest BCUT2D eigenvalue weighted by molar-refractivity contribution is 0.0962. The number of hydrogen-bond donors (Lipinski definition) is 2. The van der Waals surface area contributed by atoms with Crippen LogP contribution in [0.4, 0.5) is 0 Å². The van der Waals surface area contributed by atoms with Crippen LogP contribution >= 0.6 is 0 Å². The van der Waals surface area contributed by atoms with Crippen molar-refractivity contribution in [2.75, 3.05) is 26.2 Å². The third-order valence-corrected chi connectivity index (χ3v) is 4.53. The highest BCUT2D eigenvalue weighted by Crippen LogP contribution is 2.36. The molecule has 0 bridgehead atoms. The van der Waals surface area contributed by atoms with Crippen LogP contribution in [-0.2, 0) is 0 Å². The van der Waals surface area contributed by atoms with Gasteiger partial charge in [0.25, 0.3) is 0 Å². The number of aliphatic hydroxyl groups is 1. The number of fused-ring (bicyclic) bond motifs is 1. The summed E-state index contributed by atoms with van der Waals surface area (Å²) in [6.45, 7) is 5.87. The van der Waals surface area contributed by atoms with Crippen LogP contribution in [0.2, 0.25) is 0 Å². The summed E-state index contributed by atoms with van der Waals surface area (Å²) in [5.74, 6) is 0.972. The van der Waals surface area contributed by atoms with Crippen molar-refractivity contribution in [3.63, 3.8) is 0 Å². The van der Waals surface area contributed by atoms with Gasteiger partial charge in [0.1, 0.15) is 0 Å². The first-order chi connectivity index (χ1) is 8.35. The Kier molecular flexibility index (Phi) is 5.26. The van der Waals surface area contributed by atoms with E-state index >= 15 is 0 Å². The van der Waals surface area contributed by atoms with Crippen LogP contribution in [0, 0.1) is 5.92 Å². The molecule has 2 N–H and O–H groups in total. The van der Waals surface area contributed by atoms with Gasteiger partial charge in [0.2, 0.25) is 0 Å². The van der Waals surface area contributed by atoms with Gasteiger partial charge in [-0.1, -0.05) is 13.3 Å². The molecule has 2 fully saturated rings. The molecule has 3 unspecified atom stereocenters. The Morgan fingerprint density at radius 1 is 1.29 bits per heavy atom. The van der Waals surface area contributed by atoms with Gasteiger partial charge in [0.15, 0.2) is 0 Å². The van der Waals surface area contributed by atoms with Gasteiger partial charge < -0.3 is 10.4 Å². The van der Waals surface area contributed by atoms with E-state index in [9.17, 15) is 0 Å². The number of hydrogen-bond acceptors (Lipinski definition) is 3. The van der Waals surface area contributed by atoms with Gasteiger partial charge in [-0.15, -0.1) is 0 Å². The molecule has 0 radical (unpaired) electrons. The topological polar surface area (TPSA) is 35.5 Å². The van der Waals surface area contributed by atoms with Crippen molar-refractivity contribution >= 4 is 0 Å². The van der Waals surface area contributed by atoms with Gasteiger partial charge in [0, 0.05) is 25.2 Å². The molecular weight excluding hydrogens is 212 g/mol. The average Bonchev–Trinajstić information content (AvgIpc) is 2.79. The lowest BCUT2D eigenvalue weighted by Crippen LogP contribution is -2.49. The van der Waals surface area contributed by atoms with E-state index in [0.717, 1.165) is 31.5 Å². The lowest BCUT2D eigenvalue weighted by Gasteiger charge is -2.39. The second kappa shape index (κ2) is 6.72. The van der Waals surface area contributed by atoms with E-state index in [0.29, 0.717) is 12.6 Å². The standard InChI is InChI=1S/C14H28N2O/c1-2-15-13(8-10-17)11-16-9-4-6-12-5-3-7-14(12)16/h12-15,17H,2-11H2,1H3. The summed E-state index contributed by atoms with van der Waals surface area (Å²) in [5, 5.41) is 12.6. The molecular formula is C14H28N2O. The first kappa shape index (κ1) is 13.3. The Bertz CT molecular complexity index is 216. The van der Waals surface area contributed by atoms with Gasteiger partial charge >= 0.3 is 0 Å². The Labute approximate surface area is 106 Å². The minimum absolute atomic E-state index is 0.305. The number of nitrogens with one attached hydrogen (secondary N) is 1. The molecule has 2 rings (SSSR count). The number of nitrogens with zero attached hydrogens (tertiary/aromatic N) is 1. The van der Waals surface area contributed by atoms with Crippen LogP contribution in [0.15, 0.2) is 0 Å². The van der Waals surface area contributed by atoms with Crippen molar-refractivity contribution < 1.29 is 5.11 Å². The molecule has 1 aliphatic carbocycles. The minimum Gasteiger partial charge on any atom is -0.396 e. The van der Waals surface area contributed by atoms with E-state index in [1.165, 1.54) is 38.6 Å². The van der Waals surface area contributed by atoms with E-state index in [2.05, 4.69) is 17.1 Å². The first-order valence-corrected chi connectivity index (χ1v) is 7.43. The molecule has 3 atom stereocenters. The zero-order chi connectivity index (χ0) is 12.1. The Morgan fingerprint density at radius 2 is 2.12 bits per heavy atom. The highest BCUT2D eigenvalue weighted by atomic mass is 16.3. The van der Waals surface area contributed by atoms with Crippen LogP contribution in [0.3, 0.4) is 0 Å². The SMILES string of the molecule is CCNC(CCO)CN1CCCC2CCCC21. The van der Waals surface area contributed by atoms with Gasteiger partial charge in [-0.05, 0) is 51.1 Å². The van der Waals surface area contributed by atoms with Crippen molar-refractivity contribution in [1.29, 1.82) is 0 Å². The molecule has 3 nitrogen and oxygen atoms in total. The van der Waals surface area contributed by atoms with Crippen molar-refractivity contribution in [3.05, 3.63) is 0 Å². The molecule has 17 heavy (non-hydrogen) atoms. The molecule has 1 aliphatic heterocycles. The summed E-state index contributed by atoms with van der Waals surface area (Å²) < 4.78 is 0. The fourth-order valence-corrected chi connectivity index (χ4v) is 3.77. The number of piperidine rings is 1. The maximum Gasteiger partial charge on any atom is 0.0446 e. The highest BCUT2D eigenvalue weighted by Gasteiger charge is 2.35. The predicted molar refractivity (Wildman–Crippen MR) is 71.1 cm³/mol. The van der Waals surface area contributed by atoms with E-state index in [1.807, 2.05) is 0 Å². The number of rotatable bonds is 6. The third kappa shape index (κ3) is 3.43. The van der Waals surface area contributed by atoms with E-state index in [1.54, 1.807) is 0 Å². The van der Waals surface area contributed by atoms with Crippen LogP contribution < -0.4 is 5.32 Å². The fourth-order valence-electron chi connectivity index (χ4n) is 3.77. The largest absolute Gasteiger partial charge is 0.396 e. The van der Waals surface area contributed by atoms with Gasteiger partial charge in [-0.2, -0.15) is 0 Å². The zero-order valence-electron chi connectivity index (χ0n) is 11.2. The van der Waals surface area contributed by atoms with Gasteiger partial charge in [-0.3, -0.25) is 4.90 Å². The minimum atomic E-state index is 0.305. The van der Waals surface area contributed by atoms with Crippen molar-refractivity contribution in [2.24, 2.45) is 5.92 Å². The Morgan fingerprint density at radius 3 is 2.88 bits per heavy atom. The highest BCUT2D eigenvalue weighted by molar-refractivity contribution is 4.90. The second-order valence-electron chi connectivity index (χ2n) is 5.66.